The lowest BCUT2D eigenvalue weighted by atomic mass is 10.2. The van der Waals surface area contributed by atoms with E-state index in [1.54, 1.807) is 0 Å². The normalized spacial score (nSPS) is 9.90. The number of carbonyl (C=O) groups excluding carboxylic acids is 1. The second kappa shape index (κ2) is 6.42. The Bertz CT molecular complexity index is 656. The fourth-order valence-electron chi connectivity index (χ4n) is 1.73. The smallest absolute Gasteiger partial charge is 0.339 e. The van der Waals surface area contributed by atoms with Crippen molar-refractivity contribution in [3.05, 3.63) is 54.1 Å². The molecule has 21 heavy (non-hydrogen) atoms. The lowest BCUT2D eigenvalue weighted by molar-refractivity contribution is -0.114. The molecule has 2 aromatic rings. The average molecular weight is 286 g/mol. The average Bonchev–Trinajstić information content (AvgIpc) is 2.46. The molecule has 0 bridgehead atoms. The Kier molecular flexibility index (Phi) is 4.40. The van der Waals surface area contributed by atoms with Gasteiger partial charge in [0, 0.05) is 17.4 Å². The van der Waals surface area contributed by atoms with Gasteiger partial charge in [-0.05, 0) is 24.3 Å². The molecule has 0 saturated carbocycles. The number of carbonyl (C=O) groups is 2. The SMILES string of the molecule is O=C(CNc1ccccc1)Nc1ccc(C(=O)O)c(O)c1. The third-order valence-electron chi connectivity index (χ3n) is 2.74. The second-order valence-electron chi connectivity index (χ2n) is 4.30. The van der Waals surface area contributed by atoms with Gasteiger partial charge in [0.1, 0.15) is 11.3 Å². The van der Waals surface area contributed by atoms with E-state index in [2.05, 4.69) is 10.6 Å². The lowest BCUT2D eigenvalue weighted by Crippen LogP contribution is -2.21. The molecule has 108 valence electrons. The van der Waals surface area contributed by atoms with Gasteiger partial charge >= 0.3 is 5.97 Å². The van der Waals surface area contributed by atoms with Gasteiger partial charge in [-0.1, -0.05) is 18.2 Å². The van der Waals surface area contributed by atoms with Crippen molar-refractivity contribution in [2.75, 3.05) is 17.2 Å². The number of nitrogens with one attached hydrogen (secondary N) is 2. The van der Waals surface area contributed by atoms with E-state index < -0.39 is 11.7 Å². The number of rotatable bonds is 5. The summed E-state index contributed by atoms with van der Waals surface area (Å²) < 4.78 is 0. The van der Waals surface area contributed by atoms with Crippen LogP contribution in [0.4, 0.5) is 11.4 Å². The van der Waals surface area contributed by atoms with E-state index in [9.17, 15) is 14.7 Å². The van der Waals surface area contributed by atoms with Gasteiger partial charge in [-0.2, -0.15) is 0 Å². The first-order valence-electron chi connectivity index (χ1n) is 6.21. The number of carboxylic acid groups (broad SMARTS) is 1. The zero-order valence-electron chi connectivity index (χ0n) is 11.0. The summed E-state index contributed by atoms with van der Waals surface area (Å²) in [6.07, 6.45) is 0. The molecule has 0 atom stereocenters. The first-order valence-corrected chi connectivity index (χ1v) is 6.21. The van der Waals surface area contributed by atoms with Crippen LogP contribution < -0.4 is 10.6 Å². The third-order valence-corrected chi connectivity index (χ3v) is 2.74. The lowest BCUT2D eigenvalue weighted by Gasteiger charge is -2.08. The molecule has 0 aliphatic heterocycles. The summed E-state index contributed by atoms with van der Waals surface area (Å²) in [6, 6.07) is 13.1. The number of hydrogen-bond donors (Lipinski definition) is 4. The van der Waals surface area contributed by atoms with E-state index in [0.717, 1.165) is 5.69 Å². The highest BCUT2D eigenvalue weighted by Gasteiger charge is 2.10. The molecule has 6 heteroatoms. The van der Waals surface area contributed by atoms with Gasteiger partial charge in [-0.3, -0.25) is 4.79 Å². The Morgan fingerprint density at radius 1 is 1.00 bits per heavy atom. The summed E-state index contributed by atoms with van der Waals surface area (Å²) in [5.41, 5.74) is 0.935. The minimum Gasteiger partial charge on any atom is -0.507 e. The molecule has 1 amide bonds. The predicted molar refractivity (Wildman–Crippen MR) is 78.6 cm³/mol. The van der Waals surface area contributed by atoms with Crippen molar-refractivity contribution >= 4 is 23.3 Å². The zero-order valence-corrected chi connectivity index (χ0v) is 11.0. The number of aromatic hydroxyl groups is 1. The quantitative estimate of drug-likeness (QED) is 0.675. The number of anilines is 2. The number of hydrogen-bond acceptors (Lipinski definition) is 4. The van der Waals surface area contributed by atoms with Crippen molar-refractivity contribution in [2.45, 2.75) is 0 Å². The van der Waals surface area contributed by atoms with Crippen molar-refractivity contribution in [3.8, 4) is 5.75 Å². The molecule has 0 radical (unpaired) electrons. The molecule has 0 heterocycles. The molecule has 0 fully saturated rings. The summed E-state index contributed by atoms with van der Waals surface area (Å²) in [5.74, 6) is -1.92. The molecule has 0 spiro atoms. The molecule has 0 aromatic heterocycles. The standard InChI is InChI=1S/C15H14N2O4/c18-13-8-11(6-7-12(13)15(20)21)17-14(19)9-16-10-4-2-1-3-5-10/h1-8,16,18H,9H2,(H,17,19)(H,20,21). The summed E-state index contributed by atoms with van der Waals surface area (Å²) in [7, 11) is 0. The highest BCUT2D eigenvalue weighted by molar-refractivity contribution is 5.96. The number of carboxylic acids is 1. The van der Waals surface area contributed by atoms with E-state index >= 15 is 0 Å². The van der Waals surface area contributed by atoms with Crippen molar-refractivity contribution in [3.63, 3.8) is 0 Å². The molecule has 2 aromatic carbocycles. The molecule has 0 aliphatic carbocycles. The highest BCUT2D eigenvalue weighted by atomic mass is 16.4. The fourth-order valence-corrected chi connectivity index (χ4v) is 1.73. The van der Waals surface area contributed by atoms with Gasteiger partial charge in [-0.15, -0.1) is 0 Å². The predicted octanol–water partition coefficient (Wildman–Crippen LogP) is 2.14. The fraction of sp³-hybridized carbons (Fsp3) is 0.0667. The molecule has 2 rings (SSSR count). The van der Waals surface area contributed by atoms with Crippen molar-refractivity contribution < 1.29 is 19.8 Å². The van der Waals surface area contributed by atoms with Crippen LogP contribution in [-0.2, 0) is 4.79 Å². The minimum atomic E-state index is -1.23. The molecule has 0 aliphatic rings. The molecule has 0 saturated heterocycles. The van der Waals surface area contributed by atoms with Crippen LogP contribution in [0.2, 0.25) is 0 Å². The third kappa shape index (κ3) is 3.97. The Balaban J connectivity index is 1.94. The summed E-state index contributed by atoms with van der Waals surface area (Å²) in [5, 5.41) is 23.8. The van der Waals surface area contributed by atoms with Crippen LogP contribution >= 0.6 is 0 Å². The maximum atomic E-state index is 11.7. The van der Waals surface area contributed by atoms with Crippen LogP contribution in [0.25, 0.3) is 0 Å². The first kappa shape index (κ1) is 14.4. The van der Waals surface area contributed by atoms with Crippen LogP contribution in [0.3, 0.4) is 0 Å². The summed E-state index contributed by atoms with van der Waals surface area (Å²) in [4.78, 5) is 22.5. The Hall–Kier alpha value is -3.02. The van der Waals surface area contributed by atoms with Crippen LogP contribution in [0.5, 0.6) is 5.75 Å². The van der Waals surface area contributed by atoms with Gasteiger partial charge < -0.3 is 20.8 Å². The molecule has 0 unspecified atom stereocenters. The van der Waals surface area contributed by atoms with Crippen molar-refractivity contribution in [1.82, 2.24) is 0 Å². The van der Waals surface area contributed by atoms with Gasteiger partial charge in [0.15, 0.2) is 0 Å². The maximum Gasteiger partial charge on any atom is 0.339 e. The Morgan fingerprint density at radius 3 is 2.33 bits per heavy atom. The second-order valence-corrected chi connectivity index (χ2v) is 4.30. The maximum absolute atomic E-state index is 11.7. The Labute approximate surface area is 121 Å². The summed E-state index contributed by atoms with van der Waals surface area (Å²) in [6.45, 7) is 0.0610. The van der Waals surface area contributed by atoms with E-state index in [4.69, 9.17) is 5.11 Å². The molecule has 4 N–H and O–H groups in total. The number of aromatic carboxylic acids is 1. The van der Waals surface area contributed by atoms with Gasteiger partial charge in [0.2, 0.25) is 5.91 Å². The van der Waals surface area contributed by atoms with E-state index in [1.807, 2.05) is 30.3 Å². The number of phenols is 1. The number of para-hydroxylation sites is 1. The van der Waals surface area contributed by atoms with Gasteiger partial charge in [0.25, 0.3) is 0 Å². The minimum absolute atomic E-state index is 0.0610. The summed E-state index contributed by atoms with van der Waals surface area (Å²) >= 11 is 0. The number of benzene rings is 2. The van der Waals surface area contributed by atoms with Crippen molar-refractivity contribution in [2.24, 2.45) is 0 Å². The first-order chi connectivity index (χ1) is 10.1. The largest absolute Gasteiger partial charge is 0.507 e. The van der Waals surface area contributed by atoms with E-state index in [-0.39, 0.29) is 18.0 Å². The van der Waals surface area contributed by atoms with Crippen LogP contribution in [-0.4, -0.2) is 28.6 Å². The van der Waals surface area contributed by atoms with Crippen LogP contribution in [0.1, 0.15) is 10.4 Å². The monoisotopic (exact) mass is 286 g/mol. The van der Waals surface area contributed by atoms with E-state index in [1.165, 1.54) is 18.2 Å². The molecule has 6 nitrogen and oxygen atoms in total. The zero-order chi connectivity index (χ0) is 15.2. The van der Waals surface area contributed by atoms with Crippen LogP contribution in [0, 0.1) is 0 Å². The highest BCUT2D eigenvalue weighted by Crippen LogP contribution is 2.21. The number of amides is 1. The van der Waals surface area contributed by atoms with Crippen molar-refractivity contribution in [1.29, 1.82) is 0 Å². The van der Waals surface area contributed by atoms with Gasteiger partial charge in [0.05, 0.1) is 6.54 Å². The molecular weight excluding hydrogens is 272 g/mol. The van der Waals surface area contributed by atoms with E-state index in [0.29, 0.717) is 5.69 Å². The van der Waals surface area contributed by atoms with Crippen LogP contribution in [0.15, 0.2) is 48.5 Å². The van der Waals surface area contributed by atoms with Gasteiger partial charge in [-0.25, -0.2) is 4.79 Å². The Morgan fingerprint density at radius 2 is 1.71 bits per heavy atom. The molecular formula is C15H14N2O4. The topological polar surface area (TPSA) is 98.7 Å².